The summed E-state index contributed by atoms with van der Waals surface area (Å²) < 4.78 is 22.9. The average molecular weight is 466 g/mol. The van der Waals surface area contributed by atoms with E-state index in [-0.39, 0.29) is 16.7 Å². The molecule has 2 aromatic rings. The summed E-state index contributed by atoms with van der Waals surface area (Å²) in [5, 5.41) is 6.81. The van der Waals surface area contributed by atoms with Crippen LogP contribution >= 0.6 is 11.6 Å². The number of benzene rings is 1. The van der Waals surface area contributed by atoms with Gasteiger partial charge >= 0.3 is 0 Å². The van der Waals surface area contributed by atoms with Crippen molar-refractivity contribution in [1.29, 1.82) is 0 Å². The maximum absolute atomic E-state index is 12.6. The molecule has 10 heteroatoms. The molecule has 1 aromatic carbocycles. The van der Waals surface area contributed by atoms with Gasteiger partial charge in [0, 0.05) is 13.2 Å². The summed E-state index contributed by atoms with van der Waals surface area (Å²) in [4.78, 5) is 25.0. The molecule has 0 spiro atoms. The summed E-state index contributed by atoms with van der Waals surface area (Å²) in [6.45, 7) is 2.56. The van der Waals surface area contributed by atoms with Crippen LogP contribution in [0.5, 0.6) is 17.2 Å². The van der Waals surface area contributed by atoms with Crippen molar-refractivity contribution in [3.05, 3.63) is 45.3 Å². The van der Waals surface area contributed by atoms with Crippen molar-refractivity contribution in [3.63, 3.8) is 0 Å². The Morgan fingerprint density at radius 1 is 1.28 bits per heavy atom. The van der Waals surface area contributed by atoms with Crippen LogP contribution in [0, 0.1) is 0 Å². The van der Waals surface area contributed by atoms with Crippen molar-refractivity contribution in [2.24, 2.45) is 0 Å². The highest BCUT2D eigenvalue weighted by atomic mass is 35.5. The molecule has 0 aliphatic carbocycles. The lowest BCUT2D eigenvalue weighted by Crippen LogP contribution is -2.38. The van der Waals surface area contributed by atoms with Crippen LogP contribution in [0.2, 0.25) is 5.02 Å². The Bertz CT molecular complexity index is 990. The Balaban J connectivity index is 1.55. The van der Waals surface area contributed by atoms with Crippen molar-refractivity contribution in [2.75, 3.05) is 27.4 Å². The van der Waals surface area contributed by atoms with Gasteiger partial charge in [-0.25, -0.2) is 0 Å². The topological polar surface area (TPSA) is 101 Å². The minimum atomic E-state index is -0.860. The fourth-order valence-electron chi connectivity index (χ4n) is 3.39. The molecule has 1 saturated heterocycles. The van der Waals surface area contributed by atoms with Crippen LogP contribution in [-0.2, 0) is 16.0 Å². The second-order valence-electron chi connectivity index (χ2n) is 7.38. The molecule has 174 valence electrons. The first kappa shape index (κ1) is 23.9. The zero-order chi connectivity index (χ0) is 23.1. The monoisotopic (exact) mass is 465 g/mol. The van der Waals surface area contributed by atoms with Crippen molar-refractivity contribution >= 4 is 17.5 Å². The van der Waals surface area contributed by atoms with E-state index in [0.717, 1.165) is 18.4 Å². The van der Waals surface area contributed by atoms with Gasteiger partial charge in [0.15, 0.2) is 34.6 Å². The molecule has 2 unspecified atom stereocenters. The van der Waals surface area contributed by atoms with Crippen LogP contribution in [0.3, 0.4) is 0 Å². The van der Waals surface area contributed by atoms with Crippen molar-refractivity contribution in [2.45, 2.75) is 44.9 Å². The predicted octanol–water partition coefficient (Wildman–Crippen LogP) is 2.74. The van der Waals surface area contributed by atoms with E-state index in [0.29, 0.717) is 37.5 Å². The van der Waals surface area contributed by atoms with E-state index in [1.165, 1.54) is 10.9 Å². The molecule has 1 N–H and O–H groups in total. The molecule has 1 aliphatic rings. The van der Waals surface area contributed by atoms with Crippen LogP contribution in [0.25, 0.3) is 0 Å². The number of halogens is 1. The summed E-state index contributed by atoms with van der Waals surface area (Å²) >= 11 is 6.20. The molecule has 9 nitrogen and oxygen atoms in total. The molecule has 0 radical (unpaired) electrons. The van der Waals surface area contributed by atoms with Gasteiger partial charge in [0.05, 0.1) is 20.4 Å². The van der Waals surface area contributed by atoms with E-state index >= 15 is 0 Å². The lowest BCUT2D eigenvalue weighted by molar-refractivity contribution is -0.127. The van der Waals surface area contributed by atoms with E-state index in [1.54, 1.807) is 21.1 Å². The Labute approximate surface area is 191 Å². The van der Waals surface area contributed by atoms with Gasteiger partial charge in [0.2, 0.25) is 0 Å². The maximum Gasteiger partial charge on any atom is 0.291 e. The molecular weight excluding hydrogens is 438 g/mol. The molecule has 2 atom stereocenters. The summed E-state index contributed by atoms with van der Waals surface area (Å²) in [6.07, 6.45) is 3.25. The normalized spacial score (nSPS) is 16.8. The first-order valence-electron chi connectivity index (χ1n) is 10.5. The summed E-state index contributed by atoms with van der Waals surface area (Å²) in [5.41, 5.74) is 0.481. The molecule has 1 aromatic heterocycles. The van der Waals surface area contributed by atoms with Crippen molar-refractivity contribution in [1.82, 2.24) is 15.1 Å². The summed E-state index contributed by atoms with van der Waals surface area (Å²) in [5.74, 6) is 1.00. The molecular formula is C22H28ClN3O6. The van der Waals surface area contributed by atoms with Crippen LogP contribution in [0.4, 0.5) is 0 Å². The molecule has 2 heterocycles. The minimum Gasteiger partial charge on any atom is -0.493 e. The third-order valence-electron chi connectivity index (χ3n) is 5.17. The minimum absolute atomic E-state index is 0.0614. The lowest BCUT2D eigenvalue weighted by atomic mass is 10.1. The molecule has 1 fully saturated rings. The Morgan fingerprint density at radius 2 is 2.06 bits per heavy atom. The second-order valence-corrected chi connectivity index (χ2v) is 7.76. The second kappa shape index (κ2) is 11.2. The molecule has 0 saturated carbocycles. The number of aromatic nitrogens is 2. The summed E-state index contributed by atoms with van der Waals surface area (Å²) in [6, 6.07) is 5.59. The fraction of sp³-hybridized carbons (Fsp3) is 0.500. The molecule has 1 aliphatic heterocycles. The fourth-order valence-corrected chi connectivity index (χ4v) is 3.57. The number of methoxy groups -OCH3 is 2. The number of nitrogens with zero attached hydrogens (tertiary/aromatic N) is 2. The SMILES string of the molecule is COc1ccc(CCNC(=O)C(C)Oc2cnn(C3CCCCO3)c(=O)c2Cl)cc1OC. The van der Waals surface area contributed by atoms with Crippen LogP contribution in [0.1, 0.15) is 38.0 Å². The highest BCUT2D eigenvalue weighted by molar-refractivity contribution is 6.31. The largest absolute Gasteiger partial charge is 0.493 e. The third kappa shape index (κ3) is 5.72. The number of hydrogen-bond donors (Lipinski definition) is 1. The van der Waals surface area contributed by atoms with Gasteiger partial charge < -0.3 is 24.3 Å². The van der Waals surface area contributed by atoms with Crippen LogP contribution < -0.4 is 25.1 Å². The Hall–Kier alpha value is -2.78. The van der Waals surface area contributed by atoms with E-state index in [4.69, 9.17) is 30.5 Å². The summed E-state index contributed by atoms with van der Waals surface area (Å²) in [7, 11) is 3.15. The van der Waals surface area contributed by atoms with Gasteiger partial charge in [0.25, 0.3) is 11.5 Å². The van der Waals surface area contributed by atoms with Gasteiger partial charge in [-0.1, -0.05) is 17.7 Å². The Kier molecular flexibility index (Phi) is 8.35. The van der Waals surface area contributed by atoms with Gasteiger partial charge in [0.1, 0.15) is 0 Å². The number of ether oxygens (including phenoxy) is 4. The van der Waals surface area contributed by atoms with E-state index in [2.05, 4.69) is 10.4 Å². The zero-order valence-corrected chi connectivity index (χ0v) is 19.2. The van der Waals surface area contributed by atoms with Gasteiger partial charge in [-0.05, 0) is 50.3 Å². The number of rotatable bonds is 9. The zero-order valence-electron chi connectivity index (χ0n) is 18.4. The quantitative estimate of drug-likeness (QED) is 0.607. The smallest absolute Gasteiger partial charge is 0.291 e. The maximum atomic E-state index is 12.6. The first-order chi connectivity index (χ1) is 15.4. The van der Waals surface area contributed by atoms with Gasteiger partial charge in [-0.3, -0.25) is 9.59 Å². The van der Waals surface area contributed by atoms with E-state index in [1.807, 2.05) is 18.2 Å². The number of amides is 1. The highest BCUT2D eigenvalue weighted by Gasteiger charge is 2.23. The van der Waals surface area contributed by atoms with E-state index < -0.39 is 17.9 Å². The first-order valence-corrected chi connectivity index (χ1v) is 10.9. The molecule has 0 bridgehead atoms. The average Bonchev–Trinajstić information content (AvgIpc) is 2.82. The van der Waals surface area contributed by atoms with Crippen molar-refractivity contribution < 1.29 is 23.7 Å². The van der Waals surface area contributed by atoms with Gasteiger partial charge in [-0.2, -0.15) is 9.78 Å². The standard InChI is InChI=1S/C22H28ClN3O6/c1-14(21(27)24-10-9-15-7-8-16(29-2)17(12-15)30-3)32-18-13-25-26(22(28)20(18)23)19-6-4-5-11-31-19/h7-8,12-14,19H,4-6,9-11H2,1-3H3,(H,24,27). The predicted molar refractivity (Wildman–Crippen MR) is 119 cm³/mol. The van der Waals surface area contributed by atoms with Gasteiger partial charge in [-0.15, -0.1) is 0 Å². The number of carbonyl (C=O) groups excluding carboxylic acids is 1. The number of hydrogen-bond acceptors (Lipinski definition) is 7. The van der Waals surface area contributed by atoms with E-state index in [9.17, 15) is 9.59 Å². The lowest BCUT2D eigenvalue weighted by Gasteiger charge is -2.24. The molecule has 32 heavy (non-hydrogen) atoms. The number of nitrogens with one attached hydrogen (secondary N) is 1. The number of carbonyl (C=O) groups is 1. The highest BCUT2D eigenvalue weighted by Crippen LogP contribution is 2.27. The Morgan fingerprint density at radius 3 is 2.75 bits per heavy atom. The molecule has 3 rings (SSSR count). The third-order valence-corrected chi connectivity index (χ3v) is 5.52. The van der Waals surface area contributed by atoms with Crippen molar-refractivity contribution in [3.8, 4) is 17.2 Å². The molecule has 1 amide bonds. The van der Waals surface area contributed by atoms with Crippen LogP contribution in [-0.4, -0.2) is 49.2 Å². The van der Waals surface area contributed by atoms with Crippen LogP contribution in [0.15, 0.2) is 29.2 Å².